The van der Waals surface area contributed by atoms with Gasteiger partial charge in [-0.2, -0.15) is 5.10 Å². The molecule has 0 aliphatic heterocycles. The minimum Gasteiger partial charge on any atom is -0.337 e. The summed E-state index contributed by atoms with van der Waals surface area (Å²) >= 11 is 5.86. The van der Waals surface area contributed by atoms with Crippen LogP contribution in [0, 0.1) is 6.92 Å². The van der Waals surface area contributed by atoms with Crippen molar-refractivity contribution >= 4 is 23.1 Å². The van der Waals surface area contributed by atoms with Crippen molar-refractivity contribution in [3.05, 3.63) is 35.2 Å². The van der Waals surface area contributed by atoms with E-state index in [2.05, 4.69) is 15.4 Å². The van der Waals surface area contributed by atoms with E-state index < -0.39 is 0 Å². The van der Waals surface area contributed by atoms with Gasteiger partial charge in [0.15, 0.2) is 0 Å². The van der Waals surface area contributed by atoms with E-state index in [9.17, 15) is 0 Å². The lowest BCUT2D eigenvalue weighted by molar-refractivity contribution is 0.756. The van der Waals surface area contributed by atoms with Crippen molar-refractivity contribution in [1.82, 2.24) is 14.8 Å². The maximum absolute atomic E-state index is 5.86. The van der Waals surface area contributed by atoms with E-state index in [-0.39, 0.29) is 0 Å². The predicted molar refractivity (Wildman–Crippen MR) is 60.5 cm³/mol. The SMILES string of the molecule is Cc1nn(C)cc1Nc1cc(Cl)ccn1. The number of nitrogens with zero attached hydrogens (tertiary/aromatic N) is 3. The second-order valence-electron chi connectivity index (χ2n) is 3.29. The van der Waals surface area contributed by atoms with E-state index in [0.29, 0.717) is 5.02 Å². The molecule has 0 spiro atoms. The molecule has 1 N–H and O–H groups in total. The van der Waals surface area contributed by atoms with Crippen LogP contribution in [-0.4, -0.2) is 14.8 Å². The summed E-state index contributed by atoms with van der Waals surface area (Å²) in [4.78, 5) is 4.15. The van der Waals surface area contributed by atoms with Crippen molar-refractivity contribution in [1.29, 1.82) is 0 Å². The van der Waals surface area contributed by atoms with Gasteiger partial charge >= 0.3 is 0 Å². The predicted octanol–water partition coefficient (Wildman–Crippen LogP) is 2.52. The van der Waals surface area contributed by atoms with Crippen LogP contribution in [0.5, 0.6) is 0 Å². The molecule has 5 heteroatoms. The van der Waals surface area contributed by atoms with Gasteiger partial charge in [-0.1, -0.05) is 11.6 Å². The molecule has 0 aromatic carbocycles. The minimum absolute atomic E-state index is 0.661. The Morgan fingerprint density at radius 2 is 2.27 bits per heavy atom. The van der Waals surface area contributed by atoms with E-state index >= 15 is 0 Å². The zero-order valence-electron chi connectivity index (χ0n) is 8.53. The third-order valence-electron chi connectivity index (χ3n) is 2.00. The fourth-order valence-corrected chi connectivity index (χ4v) is 1.49. The van der Waals surface area contributed by atoms with Gasteiger partial charge in [0.2, 0.25) is 0 Å². The van der Waals surface area contributed by atoms with E-state index in [1.54, 1.807) is 23.0 Å². The summed E-state index contributed by atoms with van der Waals surface area (Å²) in [7, 11) is 1.88. The van der Waals surface area contributed by atoms with Crippen molar-refractivity contribution in [2.24, 2.45) is 7.05 Å². The van der Waals surface area contributed by atoms with Crippen molar-refractivity contribution < 1.29 is 0 Å². The fourth-order valence-electron chi connectivity index (χ4n) is 1.33. The smallest absolute Gasteiger partial charge is 0.131 e. The first-order valence-electron chi connectivity index (χ1n) is 4.54. The Balaban J connectivity index is 2.25. The van der Waals surface area contributed by atoms with Crippen LogP contribution in [0.3, 0.4) is 0 Å². The largest absolute Gasteiger partial charge is 0.337 e. The average Bonchev–Trinajstić information content (AvgIpc) is 2.45. The molecule has 0 amide bonds. The summed E-state index contributed by atoms with van der Waals surface area (Å²) in [5, 5.41) is 8.04. The molecule has 0 aliphatic carbocycles. The number of hydrogen-bond donors (Lipinski definition) is 1. The highest BCUT2D eigenvalue weighted by Crippen LogP contribution is 2.19. The highest BCUT2D eigenvalue weighted by Gasteiger charge is 2.03. The third-order valence-corrected chi connectivity index (χ3v) is 2.23. The van der Waals surface area contributed by atoms with Crippen LogP contribution in [0.15, 0.2) is 24.5 Å². The van der Waals surface area contributed by atoms with Gasteiger partial charge in [-0.25, -0.2) is 4.98 Å². The molecule has 2 aromatic heterocycles. The highest BCUT2D eigenvalue weighted by atomic mass is 35.5. The molecule has 4 nitrogen and oxygen atoms in total. The van der Waals surface area contributed by atoms with Gasteiger partial charge in [-0.05, 0) is 19.1 Å². The molecular formula is C10H11ClN4. The van der Waals surface area contributed by atoms with Crippen molar-refractivity contribution in [2.75, 3.05) is 5.32 Å². The molecule has 15 heavy (non-hydrogen) atoms. The lowest BCUT2D eigenvalue weighted by Gasteiger charge is -2.03. The number of aromatic nitrogens is 3. The molecule has 0 unspecified atom stereocenters. The molecule has 78 valence electrons. The van der Waals surface area contributed by atoms with Gasteiger partial charge in [-0.3, -0.25) is 4.68 Å². The molecule has 0 fully saturated rings. The number of rotatable bonds is 2. The first kappa shape index (κ1) is 9.98. The maximum atomic E-state index is 5.86. The van der Waals surface area contributed by atoms with Gasteiger partial charge < -0.3 is 5.32 Å². The third kappa shape index (κ3) is 2.27. The Bertz CT molecular complexity index is 478. The zero-order valence-corrected chi connectivity index (χ0v) is 9.28. The number of halogens is 1. The summed E-state index contributed by atoms with van der Waals surface area (Å²) in [6, 6.07) is 3.51. The Morgan fingerprint density at radius 1 is 1.47 bits per heavy atom. The lowest BCUT2D eigenvalue weighted by Crippen LogP contribution is -1.93. The quantitative estimate of drug-likeness (QED) is 0.849. The van der Waals surface area contributed by atoms with Gasteiger partial charge in [0.25, 0.3) is 0 Å². The minimum atomic E-state index is 0.661. The molecule has 0 atom stereocenters. The number of aryl methyl sites for hydroxylation is 2. The second-order valence-corrected chi connectivity index (χ2v) is 3.72. The first-order valence-corrected chi connectivity index (χ1v) is 4.92. The van der Waals surface area contributed by atoms with Crippen LogP contribution in [0.4, 0.5) is 11.5 Å². The van der Waals surface area contributed by atoms with E-state index in [0.717, 1.165) is 17.2 Å². The molecule has 0 aliphatic rings. The van der Waals surface area contributed by atoms with Crippen LogP contribution in [0.25, 0.3) is 0 Å². The Hall–Kier alpha value is -1.55. The zero-order chi connectivity index (χ0) is 10.8. The molecule has 0 saturated heterocycles. The molecular weight excluding hydrogens is 212 g/mol. The number of hydrogen-bond acceptors (Lipinski definition) is 3. The Labute approximate surface area is 92.9 Å². The summed E-state index contributed by atoms with van der Waals surface area (Å²) in [6.45, 7) is 1.94. The summed E-state index contributed by atoms with van der Waals surface area (Å²) in [5.41, 5.74) is 1.87. The Morgan fingerprint density at radius 3 is 2.87 bits per heavy atom. The van der Waals surface area contributed by atoms with E-state index in [1.165, 1.54) is 0 Å². The van der Waals surface area contributed by atoms with Gasteiger partial charge in [0, 0.05) is 24.5 Å². The van der Waals surface area contributed by atoms with E-state index in [1.807, 2.05) is 20.2 Å². The molecule has 2 heterocycles. The summed E-state index contributed by atoms with van der Waals surface area (Å²) in [5.74, 6) is 0.721. The Kier molecular flexibility index (Phi) is 2.60. The standard InChI is InChI=1S/C10H11ClN4/c1-7-9(6-15(2)14-7)13-10-5-8(11)3-4-12-10/h3-6H,1-2H3,(H,12,13). The molecule has 0 bridgehead atoms. The van der Waals surface area contributed by atoms with Crippen LogP contribution in [0.2, 0.25) is 5.02 Å². The molecule has 2 rings (SSSR count). The van der Waals surface area contributed by atoms with Crippen molar-refractivity contribution in [2.45, 2.75) is 6.92 Å². The van der Waals surface area contributed by atoms with E-state index in [4.69, 9.17) is 11.6 Å². The topological polar surface area (TPSA) is 42.7 Å². The van der Waals surface area contributed by atoms with Crippen LogP contribution >= 0.6 is 11.6 Å². The molecule has 0 radical (unpaired) electrons. The monoisotopic (exact) mass is 222 g/mol. The number of anilines is 2. The van der Waals surface area contributed by atoms with Crippen LogP contribution in [-0.2, 0) is 7.05 Å². The van der Waals surface area contributed by atoms with Crippen LogP contribution < -0.4 is 5.32 Å². The average molecular weight is 223 g/mol. The summed E-state index contributed by atoms with van der Waals surface area (Å²) in [6.07, 6.45) is 3.56. The second kappa shape index (κ2) is 3.90. The fraction of sp³-hybridized carbons (Fsp3) is 0.200. The molecule has 0 saturated carbocycles. The number of pyridine rings is 1. The number of nitrogens with one attached hydrogen (secondary N) is 1. The van der Waals surface area contributed by atoms with Gasteiger partial charge in [0.05, 0.1) is 11.4 Å². The van der Waals surface area contributed by atoms with Gasteiger partial charge in [-0.15, -0.1) is 0 Å². The van der Waals surface area contributed by atoms with Crippen molar-refractivity contribution in [3.63, 3.8) is 0 Å². The van der Waals surface area contributed by atoms with Gasteiger partial charge in [0.1, 0.15) is 5.82 Å². The maximum Gasteiger partial charge on any atom is 0.131 e. The normalized spacial score (nSPS) is 10.3. The lowest BCUT2D eigenvalue weighted by atomic mass is 10.4. The summed E-state index contributed by atoms with van der Waals surface area (Å²) < 4.78 is 1.75. The first-order chi connectivity index (χ1) is 7.15. The highest BCUT2D eigenvalue weighted by molar-refractivity contribution is 6.30. The van der Waals surface area contributed by atoms with Crippen molar-refractivity contribution in [3.8, 4) is 0 Å². The molecule has 2 aromatic rings. The van der Waals surface area contributed by atoms with Crippen LogP contribution in [0.1, 0.15) is 5.69 Å².